The van der Waals surface area contributed by atoms with Gasteiger partial charge in [-0.1, -0.05) is 6.42 Å². The molecule has 152 valence electrons. The van der Waals surface area contributed by atoms with Gasteiger partial charge in [0.1, 0.15) is 0 Å². The van der Waals surface area contributed by atoms with Crippen LogP contribution in [-0.2, 0) is 15.7 Å². The summed E-state index contributed by atoms with van der Waals surface area (Å²) in [5.41, 5.74) is -0.575. The highest BCUT2D eigenvalue weighted by atomic mass is 19.4. The second-order valence-electron chi connectivity index (χ2n) is 5.95. The predicted molar refractivity (Wildman–Crippen MR) is 96.1 cm³/mol. The highest BCUT2D eigenvalue weighted by Gasteiger charge is 2.31. The van der Waals surface area contributed by atoms with Gasteiger partial charge in [-0.25, -0.2) is 9.48 Å². The number of benzene rings is 1. The zero-order valence-corrected chi connectivity index (χ0v) is 15.3. The van der Waals surface area contributed by atoms with Crippen molar-refractivity contribution in [1.29, 1.82) is 0 Å². The second-order valence-corrected chi connectivity index (χ2v) is 5.95. The molecule has 2 N–H and O–H groups in total. The van der Waals surface area contributed by atoms with Gasteiger partial charge >= 0.3 is 18.2 Å². The Morgan fingerprint density at radius 3 is 2.64 bits per heavy atom. The van der Waals surface area contributed by atoms with E-state index in [9.17, 15) is 22.8 Å². The van der Waals surface area contributed by atoms with Gasteiger partial charge in [0.25, 0.3) is 0 Å². The van der Waals surface area contributed by atoms with Crippen molar-refractivity contribution in [1.82, 2.24) is 15.1 Å². The molecule has 1 aromatic heterocycles. The van der Waals surface area contributed by atoms with Crippen molar-refractivity contribution in [3.05, 3.63) is 42.2 Å². The number of aromatic nitrogens is 2. The molecule has 7 nitrogen and oxygen atoms in total. The van der Waals surface area contributed by atoms with E-state index >= 15 is 0 Å². The Balaban J connectivity index is 1.95. The fourth-order valence-corrected chi connectivity index (χ4v) is 2.47. The summed E-state index contributed by atoms with van der Waals surface area (Å²) in [6, 6.07) is 4.04. The van der Waals surface area contributed by atoms with Crippen molar-refractivity contribution >= 4 is 17.7 Å². The monoisotopic (exact) mass is 398 g/mol. The van der Waals surface area contributed by atoms with Crippen molar-refractivity contribution in [3.8, 4) is 5.69 Å². The Morgan fingerprint density at radius 2 is 2.00 bits per heavy atom. The molecule has 0 unspecified atom stereocenters. The van der Waals surface area contributed by atoms with Crippen LogP contribution in [0.1, 0.15) is 31.2 Å². The van der Waals surface area contributed by atoms with Gasteiger partial charge in [0.05, 0.1) is 24.0 Å². The predicted octanol–water partition coefficient (Wildman–Crippen LogP) is 3.75. The van der Waals surface area contributed by atoms with Crippen LogP contribution >= 0.6 is 0 Å². The van der Waals surface area contributed by atoms with Gasteiger partial charge in [-0.2, -0.15) is 18.3 Å². The highest BCUT2D eigenvalue weighted by molar-refractivity contribution is 5.91. The number of nitrogens with one attached hydrogen (secondary N) is 2. The quantitative estimate of drug-likeness (QED) is 0.524. The number of halogens is 3. The summed E-state index contributed by atoms with van der Waals surface area (Å²) in [5, 5.41) is 9.02. The molecule has 0 saturated carbocycles. The van der Waals surface area contributed by atoms with E-state index in [0.29, 0.717) is 37.9 Å². The number of alkyl halides is 3. The van der Waals surface area contributed by atoms with Gasteiger partial charge in [-0.05, 0) is 37.1 Å². The minimum Gasteiger partial charge on any atom is -0.469 e. The molecule has 0 spiro atoms. The number of unbranched alkanes of at least 4 members (excludes halogenated alkanes) is 2. The van der Waals surface area contributed by atoms with Crippen LogP contribution in [0, 0.1) is 0 Å². The largest absolute Gasteiger partial charge is 0.469 e. The maximum absolute atomic E-state index is 13.0. The van der Waals surface area contributed by atoms with E-state index in [1.165, 1.54) is 24.1 Å². The molecular weight excluding hydrogens is 377 g/mol. The molecule has 0 atom stereocenters. The minimum absolute atomic E-state index is 0.0123. The van der Waals surface area contributed by atoms with Crippen molar-refractivity contribution in [2.45, 2.75) is 31.9 Å². The fraction of sp³-hybridized carbons (Fsp3) is 0.389. The summed E-state index contributed by atoms with van der Waals surface area (Å²) >= 11 is 0. The Hall–Kier alpha value is -3.04. The van der Waals surface area contributed by atoms with Crippen molar-refractivity contribution in [3.63, 3.8) is 0 Å². The highest BCUT2D eigenvalue weighted by Crippen LogP contribution is 2.33. The van der Waals surface area contributed by atoms with Crippen molar-refractivity contribution in [2.75, 3.05) is 19.0 Å². The number of anilines is 1. The van der Waals surface area contributed by atoms with Crippen LogP contribution in [0.5, 0.6) is 0 Å². The molecule has 1 heterocycles. The van der Waals surface area contributed by atoms with E-state index in [0.717, 1.165) is 12.1 Å². The summed E-state index contributed by atoms with van der Waals surface area (Å²) in [6.45, 7) is 0.322. The molecular formula is C18H21F3N4O3. The van der Waals surface area contributed by atoms with Crippen LogP contribution < -0.4 is 10.6 Å². The molecule has 28 heavy (non-hydrogen) atoms. The van der Waals surface area contributed by atoms with Crippen LogP contribution in [0.15, 0.2) is 36.7 Å². The smallest absolute Gasteiger partial charge is 0.416 e. The molecule has 2 rings (SSSR count). The van der Waals surface area contributed by atoms with E-state index in [-0.39, 0.29) is 11.7 Å². The first-order chi connectivity index (χ1) is 13.3. The number of esters is 1. The van der Waals surface area contributed by atoms with Gasteiger partial charge in [0, 0.05) is 25.4 Å². The second kappa shape index (κ2) is 9.77. The maximum Gasteiger partial charge on any atom is 0.416 e. The normalized spacial score (nSPS) is 11.1. The Bertz CT molecular complexity index is 792. The number of carbonyl (C=O) groups is 2. The van der Waals surface area contributed by atoms with Gasteiger partial charge in [0.15, 0.2) is 0 Å². The topological polar surface area (TPSA) is 85.2 Å². The van der Waals surface area contributed by atoms with Crippen molar-refractivity contribution < 1.29 is 27.5 Å². The molecule has 2 aromatic rings. The molecule has 1 aromatic carbocycles. The molecule has 0 aliphatic carbocycles. The van der Waals surface area contributed by atoms with Crippen LogP contribution in [0.25, 0.3) is 5.69 Å². The van der Waals surface area contributed by atoms with Crippen LogP contribution in [-0.4, -0.2) is 35.4 Å². The van der Waals surface area contributed by atoms with E-state index < -0.39 is 17.8 Å². The first-order valence-electron chi connectivity index (χ1n) is 8.64. The third-order valence-corrected chi connectivity index (χ3v) is 3.89. The van der Waals surface area contributed by atoms with Gasteiger partial charge < -0.3 is 15.4 Å². The lowest BCUT2D eigenvalue weighted by molar-refractivity contribution is -0.140. The molecule has 0 aliphatic rings. The number of rotatable bonds is 8. The van der Waals surface area contributed by atoms with E-state index in [1.54, 1.807) is 12.3 Å². The fourth-order valence-electron chi connectivity index (χ4n) is 2.47. The van der Waals surface area contributed by atoms with E-state index in [2.05, 4.69) is 20.5 Å². The summed E-state index contributed by atoms with van der Waals surface area (Å²) in [6.07, 6.45) is 0.779. The van der Waals surface area contributed by atoms with Crippen molar-refractivity contribution in [2.24, 2.45) is 0 Å². The third kappa shape index (κ3) is 6.29. The summed E-state index contributed by atoms with van der Waals surface area (Å²) in [7, 11) is 1.32. The SMILES string of the molecule is COC(=O)CCCCCNC(=O)Nc1cc(C(F)(F)F)ccc1-n1cccn1. The Morgan fingerprint density at radius 1 is 1.21 bits per heavy atom. The zero-order valence-electron chi connectivity index (χ0n) is 15.3. The first kappa shape index (κ1) is 21.3. The number of carbonyl (C=O) groups excluding carboxylic acids is 2. The average Bonchev–Trinajstić information content (AvgIpc) is 3.18. The average molecular weight is 398 g/mol. The molecule has 0 saturated heterocycles. The summed E-state index contributed by atoms with van der Waals surface area (Å²) in [5.74, 6) is -0.290. The lowest BCUT2D eigenvalue weighted by atomic mass is 10.1. The molecule has 0 aliphatic heterocycles. The lowest BCUT2D eigenvalue weighted by Gasteiger charge is -2.15. The van der Waals surface area contributed by atoms with Crippen LogP contribution in [0.2, 0.25) is 0 Å². The Kier molecular flexibility index (Phi) is 7.42. The summed E-state index contributed by atoms with van der Waals surface area (Å²) in [4.78, 5) is 23.1. The van der Waals surface area contributed by atoms with Gasteiger partial charge in [-0.15, -0.1) is 0 Å². The summed E-state index contributed by atoms with van der Waals surface area (Å²) < 4.78 is 44.9. The Labute approximate surface area is 159 Å². The van der Waals surface area contributed by atoms with Crippen LogP contribution in [0.4, 0.5) is 23.7 Å². The number of hydrogen-bond donors (Lipinski definition) is 2. The maximum atomic E-state index is 13.0. The number of ether oxygens (including phenoxy) is 1. The van der Waals surface area contributed by atoms with Crippen LogP contribution in [0.3, 0.4) is 0 Å². The van der Waals surface area contributed by atoms with Gasteiger partial charge in [-0.3, -0.25) is 4.79 Å². The van der Waals surface area contributed by atoms with Gasteiger partial charge in [0.2, 0.25) is 0 Å². The zero-order chi connectivity index (χ0) is 20.6. The van der Waals surface area contributed by atoms with E-state index in [1.807, 2.05) is 0 Å². The van der Waals surface area contributed by atoms with E-state index in [4.69, 9.17) is 0 Å². The standard InChI is InChI=1S/C18H21F3N4O3/c1-28-16(26)6-3-2-4-9-22-17(27)24-14-12-13(18(19,20)21)7-8-15(14)25-11-5-10-23-25/h5,7-8,10-12H,2-4,6,9H2,1H3,(H2,22,24,27). The lowest BCUT2D eigenvalue weighted by Crippen LogP contribution is -2.30. The number of nitrogens with zero attached hydrogens (tertiary/aromatic N) is 2. The molecule has 2 amide bonds. The molecule has 0 radical (unpaired) electrons. The number of methoxy groups -OCH3 is 1. The number of amides is 2. The molecule has 10 heteroatoms. The molecule has 0 bridgehead atoms. The molecule has 0 fully saturated rings. The minimum atomic E-state index is -4.53. The first-order valence-corrected chi connectivity index (χ1v) is 8.64. The number of urea groups is 1. The third-order valence-electron chi connectivity index (χ3n) is 3.89. The number of hydrogen-bond acceptors (Lipinski definition) is 4.